The molecule has 1 aromatic carbocycles. The molecule has 3 atom stereocenters. The molecular weight excluding hydrogens is 430 g/mol. The second kappa shape index (κ2) is 14.2. The van der Waals surface area contributed by atoms with Crippen molar-refractivity contribution in [3.8, 4) is 0 Å². The van der Waals surface area contributed by atoms with Gasteiger partial charge in [-0.15, -0.1) is 6.58 Å². The Balaban J connectivity index is 1.92. The van der Waals surface area contributed by atoms with Gasteiger partial charge in [-0.05, 0) is 54.9 Å². The third-order valence-electron chi connectivity index (χ3n) is 7.37. The minimum atomic E-state index is -0.217. The van der Waals surface area contributed by atoms with Crippen molar-refractivity contribution in [1.29, 1.82) is 0 Å². The number of nitrogens with zero attached hydrogens (tertiary/aromatic N) is 1. The lowest BCUT2D eigenvalue weighted by Crippen LogP contribution is -2.28. The van der Waals surface area contributed by atoms with Gasteiger partial charge in [0.15, 0.2) is 0 Å². The Labute approximate surface area is 214 Å². The monoisotopic (exact) mass is 477 g/mol. The van der Waals surface area contributed by atoms with E-state index in [-0.39, 0.29) is 17.1 Å². The van der Waals surface area contributed by atoms with Crippen molar-refractivity contribution < 1.29 is 9.53 Å². The molecule has 0 spiro atoms. The van der Waals surface area contributed by atoms with Gasteiger partial charge in [0.2, 0.25) is 0 Å². The molecule has 0 saturated carbocycles. The van der Waals surface area contributed by atoms with Crippen molar-refractivity contribution in [3.63, 3.8) is 0 Å². The molecule has 1 aromatic rings. The SMILES string of the molecule is C=CC(CCN(C)C(=C)CC(=O)C(COCc1ccccc1)CC(=C)C(C)(C)C)C1CC=CCC1. The van der Waals surface area contributed by atoms with Gasteiger partial charge in [0.05, 0.1) is 13.2 Å². The van der Waals surface area contributed by atoms with Crippen LogP contribution in [0.4, 0.5) is 0 Å². The topological polar surface area (TPSA) is 29.5 Å². The first-order valence-corrected chi connectivity index (χ1v) is 13.1. The van der Waals surface area contributed by atoms with E-state index in [1.165, 1.54) is 12.8 Å². The predicted octanol–water partition coefficient (Wildman–Crippen LogP) is 7.77. The molecule has 0 aromatic heterocycles. The molecule has 1 aliphatic rings. The summed E-state index contributed by atoms with van der Waals surface area (Å²) in [6.07, 6.45) is 12.3. The zero-order valence-corrected chi connectivity index (χ0v) is 22.6. The smallest absolute Gasteiger partial charge is 0.144 e. The van der Waals surface area contributed by atoms with Crippen LogP contribution in [0.25, 0.3) is 0 Å². The van der Waals surface area contributed by atoms with Crippen molar-refractivity contribution in [1.82, 2.24) is 4.90 Å². The Kier molecular flexibility index (Phi) is 11.7. The van der Waals surface area contributed by atoms with Gasteiger partial charge in [0.25, 0.3) is 0 Å². The van der Waals surface area contributed by atoms with Gasteiger partial charge in [-0.2, -0.15) is 0 Å². The van der Waals surface area contributed by atoms with Crippen molar-refractivity contribution in [2.75, 3.05) is 20.2 Å². The zero-order valence-electron chi connectivity index (χ0n) is 22.6. The van der Waals surface area contributed by atoms with Crippen molar-refractivity contribution >= 4 is 5.78 Å². The Morgan fingerprint density at radius 2 is 1.91 bits per heavy atom. The van der Waals surface area contributed by atoms with Crippen LogP contribution in [0.1, 0.15) is 64.9 Å². The highest BCUT2D eigenvalue weighted by Gasteiger charge is 2.26. The quantitative estimate of drug-likeness (QED) is 0.242. The van der Waals surface area contributed by atoms with Gasteiger partial charge in [-0.25, -0.2) is 0 Å². The molecule has 0 saturated heterocycles. The Bertz CT molecular complexity index is 861. The van der Waals surface area contributed by atoms with Crippen LogP contribution in [0.3, 0.4) is 0 Å². The average Bonchev–Trinajstić information content (AvgIpc) is 2.84. The van der Waals surface area contributed by atoms with Crippen LogP contribution in [0.2, 0.25) is 0 Å². The summed E-state index contributed by atoms with van der Waals surface area (Å²) in [5.74, 6) is 1.14. The number of hydrogen-bond donors (Lipinski definition) is 0. The number of allylic oxidation sites excluding steroid dienone is 5. The zero-order chi connectivity index (χ0) is 25.8. The molecular formula is C32H47NO2. The minimum Gasteiger partial charge on any atom is -0.378 e. The van der Waals surface area contributed by atoms with Gasteiger partial charge in [-0.3, -0.25) is 4.79 Å². The predicted molar refractivity (Wildman–Crippen MR) is 149 cm³/mol. The average molecular weight is 478 g/mol. The maximum atomic E-state index is 13.4. The third-order valence-corrected chi connectivity index (χ3v) is 7.37. The van der Waals surface area contributed by atoms with Gasteiger partial charge in [0, 0.05) is 31.6 Å². The molecule has 35 heavy (non-hydrogen) atoms. The number of benzene rings is 1. The summed E-state index contributed by atoms with van der Waals surface area (Å²) < 4.78 is 6.00. The molecule has 0 amide bonds. The van der Waals surface area contributed by atoms with Crippen LogP contribution in [0.5, 0.6) is 0 Å². The lowest BCUT2D eigenvalue weighted by molar-refractivity contribution is -0.124. The Morgan fingerprint density at radius 3 is 2.51 bits per heavy atom. The first kappa shape index (κ1) is 28.8. The number of Topliss-reactive ketones (excluding diaryl/α,β-unsaturated/α-hetero) is 1. The number of hydrogen-bond acceptors (Lipinski definition) is 3. The van der Waals surface area contributed by atoms with E-state index in [4.69, 9.17) is 4.74 Å². The normalized spacial score (nSPS) is 17.4. The molecule has 0 radical (unpaired) electrons. The molecule has 1 aliphatic carbocycles. The summed E-state index contributed by atoms with van der Waals surface area (Å²) in [5.41, 5.74) is 3.02. The molecule has 192 valence electrons. The van der Waals surface area contributed by atoms with E-state index in [0.29, 0.717) is 37.9 Å². The number of ketones is 1. The summed E-state index contributed by atoms with van der Waals surface area (Å²) >= 11 is 0. The van der Waals surface area contributed by atoms with Crippen LogP contribution in [-0.4, -0.2) is 30.9 Å². The molecule has 0 aliphatic heterocycles. The van der Waals surface area contributed by atoms with Crippen LogP contribution in [0, 0.1) is 23.2 Å². The van der Waals surface area contributed by atoms with Crippen molar-refractivity contribution in [2.24, 2.45) is 23.2 Å². The van der Waals surface area contributed by atoms with E-state index >= 15 is 0 Å². The van der Waals surface area contributed by atoms with Gasteiger partial charge in [0.1, 0.15) is 5.78 Å². The molecule has 0 heterocycles. The van der Waals surface area contributed by atoms with E-state index in [1.807, 2.05) is 37.4 Å². The fraction of sp³-hybridized carbons (Fsp3) is 0.531. The lowest BCUT2D eigenvalue weighted by atomic mass is 9.80. The molecule has 3 unspecified atom stereocenters. The highest BCUT2D eigenvalue weighted by atomic mass is 16.5. The number of carbonyl (C=O) groups excluding carboxylic acids is 1. The van der Waals surface area contributed by atoms with E-state index in [0.717, 1.165) is 36.2 Å². The van der Waals surface area contributed by atoms with Crippen LogP contribution in [0.15, 0.2) is 79.6 Å². The molecule has 3 heteroatoms. The maximum absolute atomic E-state index is 13.4. The number of rotatable bonds is 15. The van der Waals surface area contributed by atoms with Crippen molar-refractivity contribution in [2.45, 2.75) is 65.9 Å². The summed E-state index contributed by atoms with van der Waals surface area (Å²) in [5, 5.41) is 0. The van der Waals surface area contributed by atoms with Gasteiger partial charge >= 0.3 is 0 Å². The van der Waals surface area contributed by atoms with E-state index in [2.05, 4.69) is 63.6 Å². The molecule has 3 nitrogen and oxygen atoms in total. The maximum Gasteiger partial charge on any atom is 0.144 e. The highest BCUT2D eigenvalue weighted by molar-refractivity contribution is 5.83. The lowest BCUT2D eigenvalue weighted by Gasteiger charge is -2.29. The molecule has 0 bridgehead atoms. The molecule has 2 rings (SSSR count). The fourth-order valence-corrected chi connectivity index (χ4v) is 4.50. The van der Waals surface area contributed by atoms with Crippen LogP contribution >= 0.6 is 0 Å². The molecule has 0 N–H and O–H groups in total. The van der Waals surface area contributed by atoms with E-state index in [9.17, 15) is 4.79 Å². The second-order valence-corrected chi connectivity index (χ2v) is 11.1. The van der Waals surface area contributed by atoms with Gasteiger partial charge in [-0.1, -0.05) is 88.1 Å². The summed E-state index contributed by atoms with van der Waals surface area (Å²) in [4.78, 5) is 15.5. The summed E-state index contributed by atoms with van der Waals surface area (Å²) in [6.45, 7) is 20.8. The minimum absolute atomic E-state index is 0.0419. The Hall–Kier alpha value is -2.39. The summed E-state index contributed by atoms with van der Waals surface area (Å²) in [6, 6.07) is 10.1. The van der Waals surface area contributed by atoms with Crippen LogP contribution < -0.4 is 0 Å². The number of carbonyl (C=O) groups is 1. The van der Waals surface area contributed by atoms with Gasteiger partial charge < -0.3 is 9.64 Å². The van der Waals surface area contributed by atoms with E-state index in [1.54, 1.807) is 0 Å². The fourth-order valence-electron chi connectivity index (χ4n) is 4.50. The van der Waals surface area contributed by atoms with Crippen LogP contribution in [-0.2, 0) is 16.1 Å². The van der Waals surface area contributed by atoms with E-state index < -0.39 is 0 Å². The van der Waals surface area contributed by atoms with Crippen molar-refractivity contribution in [3.05, 3.63) is 85.1 Å². The second-order valence-electron chi connectivity index (χ2n) is 11.1. The first-order chi connectivity index (χ1) is 16.6. The standard InChI is InChI=1S/C32H47NO2/c1-8-28(29-17-13-10-14-18-29)19-20-33(7)26(3)22-31(34)30(21-25(2)32(4,5)6)24-35-23-27-15-11-9-12-16-27/h8-13,15-16,28-30H,1-3,14,17-24H2,4-7H3. The third kappa shape index (κ3) is 10.0. The summed E-state index contributed by atoms with van der Waals surface area (Å²) in [7, 11) is 2.05. The largest absolute Gasteiger partial charge is 0.378 e. The molecule has 0 fully saturated rings. The Morgan fingerprint density at radius 1 is 1.20 bits per heavy atom. The number of ether oxygens (including phenoxy) is 1. The first-order valence-electron chi connectivity index (χ1n) is 13.1. The highest BCUT2D eigenvalue weighted by Crippen LogP contribution is 2.31.